The van der Waals surface area contributed by atoms with Gasteiger partial charge in [0.05, 0.1) is 18.2 Å². The zero-order valence-electron chi connectivity index (χ0n) is 16.9. The third-order valence-electron chi connectivity index (χ3n) is 6.10. The van der Waals surface area contributed by atoms with E-state index < -0.39 is 0 Å². The van der Waals surface area contributed by atoms with Crippen molar-refractivity contribution in [2.24, 2.45) is 0 Å². The fraction of sp³-hybridized carbons (Fsp3) is 0.500. The van der Waals surface area contributed by atoms with Crippen molar-refractivity contribution in [3.63, 3.8) is 0 Å². The quantitative estimate of drug-likeness (QED) is 0.783. The average Bonchev–Trinajstić information content (AvgIpc) is 3.40. The van der Waals surface area contributed by atoms with Crippen LogP contribution in [0.3, 0.4) is 0 Å². The van der Waals surface area contributed by atoms with Gasteiger partial charge in [-0.15, -0.1) is 0 Å². The normalized spacial score (nSPS) is 20.6. The molecule has 29 heavy (non-hydrogen) atoms. The summed E-state index contributed by atoms with van der Waals surface area (Å²) in [6.07, 6.45) is 8.57. The third kappa shape index (κ3) is 4.34. The van der Waals surface area contributed by atoms with Crippen LogP contribution in [0.25, 0.3) is 5.69 Å². The number of nitrogens with zero attached hydrogens (tertiary/aromatic N) is 3. The smallest absolute Gasteiger partial charge is 0.237 e. The molecule has 2 amide bonds. The number of rotatable bonds is 6. The molecule has 1 aromatic carbocycles. The minimum atomic E-state index is -0.363. The molecule has 154 valence electrons. The van der Waals surface area contributed by atoms with Crippen LogP contribution in [0.1, 0.15) is 43.5 Å². The van der Waals surface area contributed by atoms with Crippen LogP contribution >= 0.6 is 0 Å². The van der Waals surface area contributed by atoms with Crippen molar-refractivity contribution in [3.05, 3.63) is 48.0 Å². The number of hydrogen-bond acceptors (Lipinski definition) is 4. The minimum Gasteiger partial charge on any atom is -0.353 e. The monoisotopic (exact) mass is 395 g/mol. The van der Waals surface area contributed by atoms with Gasteiger partial charge >= 0.3 is 0 Å². The Morgan fingerprint density at radius 3 is 2.83 bits per heavy atom. The van der Waals surface area contributed by atoms with E-state index in [0.717, 1.165) is 36.5 Å². The lowest BCUT2D eigenvalue weighted by molar-refractivity contribution is -0.135. The molecular formula is C22H29N5O2. The molecule has 1 atom stereocenters. The number of piperazine rings is 1. The molecular weight excluding hydrogens is 366 g/mol. The van der Waals surface area contributed by atoms with E-state index in [0.29, 0.717) is 19.1 Å². The summed E-state index contributed by atoms with van der Waals surface area (Å²) in [4.78, 5) is 31.7. The van der Waals surface area contributed by atoms with E-state index in [9.17, 15) is 9.59 Å². The highest BCUT2D eigenvalue weighted by molar-refractivity contribution is 5.88. The van der Waals surface area contributed by atoms with Crippen molar-refractivity contribution >= 4 is 11.8 Å². The number of carbonyl (C=O) groups excluding carboxylic acids is 2. The van der Waals surface area contributed by atoms with Crippen LogP contribution in [0.15, 0.2) is 36.7 Å². The Bertz CT molecular complexity index is 872. The summed E-state index contributed by atoms with van der Waals surface area (Å²) in [7, 11) is 0. The van der Waals surface area contributed by atoms with Crippen molar-refractivity contribution in [2.45, 2.75) is 57.7 Å². The van der Waals surface area contributed by atoms with Gasteiger partial charge in [-0.3, -0.25) is 14.5 Å². The Morgan fingerprint density at radius 1 is 1.28 bits per heavy atom. The maximum absolute atomic E-state index is 12.7. The number of aromatic nitrogens is 2. The van der Waals surface area contributed by atoms with Gasteiger partial charge in [0.25, 0.3) is 0 Å². The van der Waals surface area contributed by atoms with Crippen LogP contribution in [0.5, 0.6) is 0 Å². The van der Waals surface area contributed by atoms with Gasteiger partial charge in [0.1, 0.15) is 5.82 Å². The molecule has 4 rings (SSSR count). The zero-order valence-corrected chi connectivity index (χ0v) is 16.9. The van der Waals surface area contributed by atoms with Crippen molar-refractivity contribution in [1.82, 2.24) is 25.1 Å². The molecule has 1 saturated heterocycles. The maximum Gasteiger partial charge on any atom is 0.237 e. The number of aryl methyl sites for hydroxylation is 1. The zero-order chi connectivity index (χ0) is 20.2. The number of para-hydroxylation sites is 1. The van der Waals surface area contributed by atoms with Gasteiger partial charge < -0.3 is 15.2 Å². The average molecular weight is 396 g/mol. The Hall–Kier alpha value is -2.67. The Morgan fingerprint density at radius 2 is 2.07 bits per heavy atom. The van der Waals surface area contributed by atoms with E-state index in [1.54, 1.807) is 6.20 Å². The molecule has 0 radical (unpaired) electrons. The molecule has 0 bridgehead atoms. The summed E-state index contributed by atoms with van der Waals surface area (Å²) in [5.41, 5.74) is 2.02. The van der Waals surface area contributed by atoms with Crippen LogP contribution in [-0.2, 0) is 16.1 Å². The van der Waals surface area contributed by atoms with E-state index in [-0.39, 0.29) is 24.3 Å². The molecule has 1 saturated carbocycles. The fourth-order valence-corrected chi connectivity index (χ4v) is 4.58. The lowest BCUT2D eigenvalue weighted by Crippen LogP contribution is -2.59. The van der Waals surface area contributed by atoms with Gasteiger partial charge in [-0.25, -0.2) is 4.98 Å². The van der Waals surface area contributed by atoms with E-state index in [1.165, 1.54) is 12.8 Å². The van der Waals surface area contributed by atoms with Gasteiger partial charge in [-0.05, 0) is 31.4 Å². The van der Waals surface area contributed by atoms with Crippen LogP contribution in [0.2, 0.25) is 0 Å². The Labute approximate surface area is 171 Å². The van der Waals surface area contributed by atoms with Crippen LogP contribution < -0.4 is 10.6 Å². The molecule has 1 aromatic heterocycles. The summed E-state index contributed by atoms with van der Waals surface area (Å²) < 4.78 is 2.01. The second-order valence-electron chi connectivity index (χ2n) is 7.94. The summed E-state index contributed by atoms with van der Waals surface area (Å²) >= 11 is 0. The molecule has 0 unspecified atom stereocenters. The molecule has 2 aromatic rings. The second kappa shape index (κ2) is 8.78. The summed E-state index contributed by atoms with van der Waals surface area (Å²) in [5.74, 6) is 0.787. The lowest BCUT2D eigenvalue weighted by atomic mass is 10.0. The van der Waals surface area contributed by atoms with Gasteiger partial charge in [0.15, 0.2) is 0 Å². The van der Waals surface area contributed by atoms with E-state index >= 15 is 0 Å². The number of hydrogen-bond donors (Lipinski definition) is 2. The first-order valence-electron chi connectivity index (χ1n) is 10.5. The third-order valence-corrected chi connectivity index (χ3v) is 6.10. The van der Waals surface area contributed by atoms with Crippen molar-refractivity contribution in [1.29, 1.82) is 0 Å². The largest absolute Gasteiger partial charge is 0.353 e. The molecule has 2 aliphatic rings. The van der Waals surface area contributed by atoms with Crippen LogP contribution in [0, 0.1) is 6.92 Å². The minimum absolute atomic E-state index is 0.0206. The Balaban J connectivity index is 1.41. The SMILES string of the molecule is Cc1nccn1-c1ccccc1CNC(=O)C[C@@H]1C(=O)NCCN1C1CCCC1. The molecule has 0 spiro atoms. The predicted octanol–water partition coefficient (Wildman–Crippen LogP) is 1.93. The second-order valence-corrected chi connectivity index (χ2v) is 7.94. The lowest BCUT2D eigenvalue weighted by Gasteiger charge is -2.38. The molecule has 2 heterocycles. The highest BCUT2D eigenvalue weighted by Gasteiger charge is 2.36. The number of imidazole rings is 1. The Kier molecular flexibility index (Phi) is 5.94. The first-order chi connectivity index (χ1) is 14.1. The highest BCUT2D eigenvalue weighted by Crippen LogP contribution is 2.27. The topological polar surface area (TPSA) is 79.3 Å². The van der Waals surface area contributed by atoms with Crippen LogP contribution in [-0.4, -0.2) is 51.4 Å². The number of amides is 2. The number of benzene rings is 1. The first-order valence-corrected chi connectivity index (χ1v) is 10.5. The van der Waals surface area contributed by atoms with E-state index in [2.05, 4.69) is 20.5 Å². The summed E-state index contributed by atoms with van der Waals surface area (Å²) in [5, 5.41) is 5.95. The van der Waals surface area contributed by atoms with Crippen LogP contribution in [0.4, 0.5) is 0 Å². The number of nitrogens with one attached hydrogen (secondary N) is 2. The van der Waals surface area contributed by atoms with Crippen molar-refractivity contribution in [3.8, 4) is 5.69 Å². The molecule has 2 N–H and O–H groups in total. The first kappa shape index (κ1) is 19.6. The molecule has 2 fully saturated rings. The van der Waals surface area contributed by atoms with Crippen molar-refractivity contribution < 1.29 is 9.59 Å². The summed E-state index contributed by atoms with van der Waals surface area (Å²) in [6.45, 7) is 3.88. The predicted molar refractivity (Wildman–Crippen MR) is 111 cm³/mol. The highest BCUT2D eigenvalue weighted by atomic mass is 16.2. The van der Waals surface area contributed by atoms with E-state index in [1.807, 2.05) is 42.0 Å². The van der Waals surface area contributed by atoms with Gasteiger partial charge in [0.2, 0.25) is 11.8 Å². The van der Waals surface area contributed by atoms with Crippen molar-refractivity contribution in [2.75, 3.05) is 13.1 Å². The fourth-order valence-electron chi connectivity index (χ4n) is 4.58. The maximum atomic E-state index is 12.7. The standard InChI is InChI=1S/C22H29N5O2/c1-16-23-10-12-26(16)19-9-5-2-6-17(19)15-25-21(28)14-20-22(29)24-11-13-27(20)18-7-3-4-8-18/h2,5-6,9-10,12,18,20H,3-4,7-8,11,13-15H2,1H3,(H,24,29)(H,25,28)/t20-/m1/s1. The van der Waals surface area contributed by atoms with Gasteiger partial charge in [0, 0.05) is 38.1 Å². The number of carbonyl (C=O) groups is 2. The molecule has 1 aliphatic heterocycles. The molecule has 7 nitrogen and oxygen atoms in total. The molecule has 7 heteroatoms. The van der Waals surface area contributed by atoms with E-state index in [4.69, 9.17) is 0 Å². The van der Waals surface area contributed by atoms with Gasteiger partial charge in [-0.2, -0.15) is 0 Å². The molecule has 1 aliphatic carbocycles. The summed E-state index contributed by atoms with van der Waals surface area (Å²) in [6, 6.07) is 8.04. The van der Waals surface area contributed by atoms with Gasteiger partial charge in [-0.1, -0.05) is 31.0 Å².